The average molecular weight is 287 g/mol. The maximum absolute atomic E-state index is 12.6. The van der Waals surface area contributed by atoms with Crippen LogP contribution in [0.25, 0.3) is 0 Å². The van der Waals surface area contributed by atoms with Gasteiger partial charge in [-0.25, -0.2) is 4.79 Å². The third kappa shape index (κ3) is 2.81. The number of benzene rings is 1. The third-order valence-corrected chi connectivity index (χ3v) is 3.25. The van der Waals surface area contributed by atoms with Crippen LogP contribution in [0.2, 0.25) is 0 Å². The van der Waals surface area contributed by atoms with E-state index in [4.69, 9.17) is 9.15 Å². The highest BCUT2D eigenvalue weighted by atomic mass is 16.5. The molecule has 0 unspecified atom stereocenters. The van der Waals surface area contributed by atoms with Gasteiger partial charge in [0.05, 0.1) is 23.9 Å². The van der Waals surface area contributed by atoms with Crippen molar-refractivity contribution in [2.45, 2.75) is 13.8 Å². The normalized spacial score (nSPS) is 10.3. The lowest BCUT2D eigenvalue weighted by molar-refractivity contribution is 0.0601. The molecule has 0 aliphatic rings. The molecule has 0 radical (unpaired) electrons. The molecule has 1 heterocycles. The minimum Gasteiger partial charge on any atom is -0.466 e. The summed E-state index contributed by atoms with van der Waals surface area (Å²) in [5.74, 6) is 0.511. The fraction of sp³-hybridized carbons (Fsp3) is 0.250. The van der Waals surface area contributed by atoms with E-state index in [0.717, 1.165) is 0 Å². The van der Waals surface area contributed by atoms with Crippen LogP contribution in [0.4, 0.5) is 5.69 Å². The Bertz CT molecular complexity index is 687. The first-order valence-electron chi connectivity index (χ1n) is 6.48. The van der Waals surface area contributed by atoms with Crippen LogP contribution in [0.15, 0.2) is 34.7 Å². The maximum Gasteiger partial charge on any atom is 0.339 e. The molecule has 2 rings (SSSR count). The summed E-state index contributed by atoms with van der Waals surface area (Å²) in [5, 5.41) is 0. The second kappa shape index (κ2) is 5.83. The smallest absolute Gasteiger partial charge is 0.339 e. The van der Waals surface area contributed by atoms with Crippen molar-refractivity contribution in [3.63, 3.8) is 0 Å². The van der Waals surface area contributed by atoms with E-state index in [1.807, 2.05) is 0 Å². The Morgan fingerprint density at radius 3 is 2.38 bits per heavy atom. The number of amides is 1. The summed E-state index contributed by atoms with van der Waals surface area (Å²) in [7, 11) is 2.93. The summed E-state index contributed by atoms with van der Waals surface area (Å²) < 4.78 is 10.1. The molecule has 21 heavy (non-hydrogen) atoms. The summed E-state index contributed by atoms with van der Waals surface area (Å²) in [6, 6.07) is 8.50. The number of furan rings is 1. The largest absolute Gasteiger partial charge is 0.466 e. The van der Waals surface area contributed by atoms with Crippen molar-refractivity contribution in [1.82, 2.24) is 0 Å². The van der Waals surface area contributed by atoms with Gasteiger partial charge in [0.15, 0.2) is 0 Å². The molecule has 0 spiro atoms. The lowest BCUT2D eigenvalue weighted by Crippen LogP contribution is -2.28. The lowest BCUT2D eigenvalue weighted by atomic mass is 10.1. The molecule has 0 saturated heterocycles. The first-order chi connectivity index (χ1) is 9.95. The second-order valence-corrected chi connectivity index (χ2v) is 4.70. The van der Waals surface area contributed by atoms with E-state index >= 15 is 0 Å². The molecule has 0 fully saturated rings. The van der Waals surface area contributed by atoms with Gasteiger partial charge >= 0.3 is 5.97 Å². The highest BCUT2D eigenvalue weighted by Gasteiger charge is 2.22. The van der Waals surface area contributed by atoms with Gasteiger partial charge in [-0.1, -0.05) is 12.1 Å². The van der Waals surface area contributed by atoms with Gasteiger partial charge in [0.1, 0.15) is 11.5 Å². The van der Waals surface area contributed by atoms with Crippen molar-refractivity contribution in [1.29, 1.82) is 0 Å². The number of hydrogen-bond donors (Lipinski definition) is 0. The molecule has 2 aromatic rings. The fourth-order valence-electron chi connectivity index (χ4n) is 2.18. The zero-order chi connectivity index (χ0) is 15.6. The van der Waals surface area contributed by atoms with E-state index < -0.39 is 5.97 Å². The van der Waals surface area contributed by atoms with Crippen LogP contribution < -0.4 is 4.90 Å². The van der Waals surface area contributed by atoms with E-state index in [2.05, 4.69) is 0 Å². The standard InChI is InChI=1S/C16H17NO4/c1-10-9-13(11(2)21-10)15(18)17(3)14-8-6-5-7-12(14)16(19)20-4/h5-9H,1-4H3. The van der Waals surface area contributed by atoms with Crippen LogP contribution in [-0.2, 0) is 4.74 Å². The molecule has 0 N–H and O–H groups in total. The van der Waals surface area contributed by atoms with Gasteiger partial charge in [0.2, 0.25) is 0 Å². The number of hydrogen-bond acceptors (Lipinski definition) is 4. The number of carbonyl (C=O) groups excluding carboxylic acids is 2. The van der Waals surface area contributed by atoms with Crippen LogP contribution in [0.1, 0.15) is 32.2 Å². The van der Waals surface area contributed by atoms with Gasteiger partial charge in [-0.05, 0) is 32.0 Å². The first-order valence-corrected chi connectivity index (χ1v) is 6.48. The molecule has 0 aliphatic carbocycles. The van der Waals surface area contributed by atoms with Gasteiger partial charge in [-0.3, -0.25) is 4.79 Å². The number of para-hydroxylation sites is 1. The van der Waals surface area contributed by atoms with Crippen molar-refractivity contribution >= 4 is 17.6 Å². The SMILES string of the molecule is COC(=O)c1ccccc1N(C)C(=O)c1cc(C)oc1C. The number of rotatable bonds is 3. The maximum atomic E-state index is 12.6. The van der Waals surface area contributed by atoms with Gasteiger partial charge in [0.25, 0.3) is 5.91 Å². The van der Waals surface area contributed by atoms with Crippen molar-refractivity contribution in [3.8, 4) is 0 Å². The highest BCUT2D eigenvalue weighted by Crippen LogP contribution is 2.23. The van der Waals surface area contributed by atoms with Crippen LogP contribution in [0.3, 0.4) is 0 Å². The number of ether oxygens (including phenoxy) is 1. The van der Waals surface area contributed by atoms with Crippen LogP contribution in [0, 0.1) is 13.8 Å². The number of aryl methyl sites for hydroxylation is 2. The Labute approximate surface area is 123 Å². The quantitative estimate of drug-likeness (QED) is 0.814. The monoisotopic (exact) mass is 287 g/mol. The van der Waals surface area contributed by atoms with Crippen molar-refractivity contribution in [2.24, 2.45) is 0 Å². The Morgan fingerprint density at radius 2 is 1.81 bits per heavy atom. The van der Waals surface area contributed by atoms with Gasteiger partial charge in [-0.2, -0.15) is 0 Å². The molecule has 110 valence electrons. The summed E-state index contributed by atoms with van der Waals surface area (Å²) in [4.78, 5) is 25.8. The van der Waals surface area contributed by atoms with Gasteiger partial charge in [-0.15, -0.1) is 0 Å². The molecular weight excluding hydrogens is 270 g/mol. The van der Waals surface area contributed by atoms with E-state index in [-0.39, 0.29) is 5.91 Å². The highest BCUT2D eigenvalue weighted by molar-refractivity contribution is 6.09. The number of nitrogens with zero attached hydrogens (tertiary/aromatic N) is 1. The molecule has 0 saturated carbocycles. The summed E-state index contributed by atoms with van der Waals surface area (Å²) in [6.07, 6.45) is 0. The van der Waals surface area contributed by atoms with Crippen molar-refractivity contribution in [3.05, 3.63) is 53.0 Å². The molecule has 1 aromatic carbocycles. The van der Waals surface area contributed by atoms with Crippen LogP contribution >= 0.6 is 0 Å². The predicted octanol–water partition coefficient (Wildman–Crippen LogP) is 2.96. The molecule has 5 nitrogen and oxygen atoms in total. The van der Waals surface area contributed by atoms with E-state index in [1.165, 1.54) is 12.0 Å². The Kier molecular flexibility index (Phi) is 4.12. The van der Waals surface area contributed by atoms with Gasteiger partial charge < -0.3 is 14.1 Å². The molecule has 1 amide bonds. The second-order valence-electron chi connectivity index (χ2n) is 4.70. The Hall–Kier alpha value is -2.56. The molecule has 0 aliphatic heterocycles. The molecule has 0 atom stereocenters. The topological polar surface area (TPSA) is 59.8 Å². The number of methoxy groups -OCH3 is 1. The first kappa shape index (κ1) is 14.8. The minimum absolute atomic E-state index is 0.235. The van der Waals surface area contributed by atoms with E-state index in [1.54, 1.807) is 51.2 Å². The molecule has 1 aromatic heterocycles. The number of carbonyl (C=O) groups is 2. The Morgan fingerprint density at radius 1 is 1.14 bits per heavy atom. The minimum atomic E-state index is -0.481. The zero-order valence-electron chi connectivity index (χ0n) is 12.5. The number of anilines is 1. The van der Waals surface area contributed by atoms with E-state index in [0.29, 0.717) is 28.3 Å². The third-order valence-electron chi connectivity index (χ3n) is 3.25. The number of esters is 1. The molecular formula is C16H17NO4. The van der Waals surface area contributed by atoms with Crippen molar-refractivity contribution < 1.29 is 18.7 Å². The summed E-state index contributed by atoms with van der Waals surface area (Å²) in [5.41, 5.74) is 1.32. The zero-order valence-corrected chi connectivity index (χ0v) is 12.5. The van der Waals surface area contributed by atoms with Crippen molar-refractivity contribution in [2.75, 3.05) is 19.1 Å². The Balaban J connectivity index is 2.41. The predicted molar refractivity (Wildman–Crippen MR) is 78.7 cm³/mol. The molecule has 5 heteroatoms. The summed E-state index contributed by atoms with van der Waals surface area (Å²) >= 11 is 0. The van der Waals surface area contributed by atoms with Gasteiger partial charge in [0, 0.05) is 7.05 Å². The molecule has 0 bridgehead atoms. The average Bonchev–Trinajstić information content (AvgIpc) is 2.83. The van der Waals surface area contributed by atoms with Crippen LogP contribution in [0.5, 0.6) is 0 Å². The van der Waals surface area contributed by atoms with Crippen LogP contribution in [-0.4, -0.2) is 26.0 Å². The lowest BCUT2D eigenvalue weighted by Gasteiger charge is -2.19. The summed E-state index contributed by atoms with van der Waals surface area (Å²) in [6.45, 7) is 3.52. The van der Waals surface area contributed by atoms with E-state index in [9.17, 15) is 9.59 Å². The fourth-order valence-corrected chi connectivity index (χ4v) is 2.18.